The van der Waals surface area contributed by atoms with Gasteiger partial charge in [0.1, 0.15) is 24.2 Å². The van der Waals surface area contributed by atoms with E-state index in [-0.39, 0.29) is 19.3 Å². The van der Waals surface area contributed by atoms with E-state index < -0.39 is 43.6 Å². The van der Waals surface area contributed by atoms with E-state index in [1.54, 1.807) is 0 Å². The van der Waals surface area contributed by atoms with Gasteiger partial charge in [0.05, 0.1) is 6.10 Å². The third-order valence-electron chi connectivity index (χ3n) is 3.02. The lowest BCUT2D eigenvalue weighted by molar-refractivity contribution is -0.0747. The largest absolute Gasteiger partial charge is 0.582 e. The molecule has 0 radical (unpaired) electrons. The molecule has 22 heavy (non-hydrogen) atoms. The lowest BCUT2D eigenvalue weighted by atomic mass is 10.1. The highest BCUT2D eigenvalue weighted by atomic mass is 32.7. The van der Waals surface area contributed by atoms with Crippen molar-refractivity contribution >= 4 is 38.8 Å². The summed E-state index contributed by atoms with van der Waals surface area (Å²) in [5.74, 6) is -0.0111. The maximum absolute atomic E-state index is 14.4. The molecule has 0 aromatic carbocycles. The van der Waals surface area contributed by atoms with Gasteiger partial charge >= 0.3 is 12.9 Å². The summed E-state index contributed by atoms with van der Waals surface area (Å²) in [5.41, 5.74) is 4.55. The minimum atomic E-state index is -2.40. The number of nitrogens with two attached hydrogens (primary N) is 1. The van der Waals surface area contributed by atoms with E-state index in [1.807, 2.05) is 0 Å². The monoisotopic (exact) mass is 372 g/mol. The Morgan fingerprint density at radius 2 is 2.32 bits per heavy atom. The van der Waals surface area contributed by atoms with Gasteiger partial charge in [0.15, 0.2) is 18.5 Å². The van der Waals surface area contributed by atoms with Crippen molar-refractivity contribution in [3.63, 3.8) is 0 Å². The van der Waals surface area contributed by atoms with E-state index in [1.165, 1.54) is 19.2 Å². The molecule has 2 unspecified atom stereocenters. The van der Waals surface area contributed by atoms with E-state index in [9.17, 15) is 18.9 Å². The quantitative estimate of drug-likeness (QED) is 0.521. The second-order valence-corrected chi connectivity index (χ2v) is 6.19. The summed E-state index contributed by atoms with van der Waals surface area (Å²) in [5, 5.41) is 9.62. The van der Waals surface area contributed by atoms with Gasteiger partial charge in [-0.05, 0) is 17.6 Å². The van der Waals surface area contributed by atoms with Crippen LogP contribution in [0.25, 0.3) is 0 Å². The summed E-state index contributed by atoms with van der Waals surface area (Å²) in [4.78, 5) is 15.2. The van der Waals surface area contributed by atoms with Crippen LogP contribution < -0.4 is 11.4 Å². The average molecular weight is 372 g/mol. The topological polar surface area (TPSA) is 117 Å². The Bertz CT molecular complexity index is 604. The van der Waals surface area contributed by atoms with Crippen molar-refractivity contribution in [1.82, 2.24) is 9.55 Å². The number of aliphatic hydroxyl groups excluding tert-OH is 1. The SMILES string of the molecule is C[C@H](O)[C@H]1O[C@@H](n2ccc(N)nc2=O)C(F)[C@H]1O[P+](=O)S.S. The fourth-order valence-corrected chi connectivity index (χ4v) is 2.88. The molecule has 0 amide bonds. The van der Waals surface area contributed by atoms with Gasteiger partial charge in [-0.1, -0.05) is 0 Å². The van der Waals surface area contributed by atoms with Crippen molar-refractivity contribution < 1.29 is 23.3 Å². The Morgan fingerprint density at radius 3 is 2.82 bits per heavy atom. The standard InChI is InChI=1S/C10H13FN3O5PS.H2S/c1-4(15)7-8(19-20(17)21)6(11)9(18-7)14-3-2-5(12)13-10(14)16;/h2-4,6-9,15H,1H3,(H2-,12,13,16,17,21);1H2/p+1/t4-,6?,7+,8+,9+;/m0./s1. The third kappa shape index (κ3) is 3.98. The summed E-state index contributed by atoms with van der Waals surface area (Å²) < 4.78 is 36.6. The van der Waals surface area contributed by atoms with Crippen LogP contribution in [0, 0.1) is 0 Å². The number of thiol groups is 1. The van der Waals surface area contributed by atoms with Gasteiger partial charge in [0.2, 0.25) is 0 Å². The molecule has 1 saturated heterocycles. The molecule has 1 aromatic rings. The summed E-state index contributed by atoms with van der Waals surface area (Å²) in [6, 6.07) is 1.31. The Balaban J connectivity index is 0.00000242. The first kappa shape index (κ1) is 19.3. The smallest absolute Gasteiger partial charge is 0.391 e. The van der Waals surface area contributed by atoms with Gasteiger partial charge in [-0.2, -0.15) is 18.5 Å². The Kier molecular flexibility index (Phi) is 6.78. The van der Waals surface area contributed by atoms with Crippen LogP contribution in [0.3, 0.4) is 0 Å². The molecular formula is C10H16FN3O5PS2+. The molecule has 1 fully saturated rings. The number of anilines is 1. The molecule has 3 N–H and O–H groups in total. The predicted molar refractivity (Wildman–Crippen MR) is 85.2 cm³/mol. The highest BCUT2D eigenvalue weighted by Crippen LogP contribution is 2.41. The van der Waals surface area contributed by atoms with Gasteiger partial charge < -0.3 is 15.6 Å². The van der Waals surface area contributed by atoms with Crippen LogP contribution in [0.5, 0.6) is 0 Å². The van der Waals surface area contributed by atoms with Gasteiger partial charge in [0.25, 0.3) is 0 Å². The molecule has 2 rings (SSSR count). The molecule has 2 heterocycles. The second kappa shape index (κ2) is 7.71. The summed E-state index contributed by atoms with van der Waals surface area (Å²) in [7, 11) is -2.40. The van der Waals surface area contributed by atoms with Gasteiger partial charge in [-0.3, -0.25) is 4.57 Å². The summed E-state index contributed by atoms with van der Waals surface area (Å²) in [6.45, 7) is 1.37. The molecule has 124 valence electrons. The molecule has 0 spiro atoms. The molecule has 8 nitrogen and oxygen atoms in total. The number of aromatic nitrogens is 2. The maximum atomic E-state index is 14.4. The highest BCUT2D eigenvalue weighted by Gasteiger charge is 2.52. The number of hydrogen-bond acceptors (Lipinski definition) is 7. The molecule has 1 aromatic heterocycles. The molecule has 0 saturated carbocycles. The molecule has 0 bridgehead atoms. The number of alkyl halides is 1. The molecule has 0 aliphatic carbocycles. The zero-order chi connectivity index (χ0) is 15.7. The van der Waals surface area contributed by atoms with Gasteiger partial charge in [-0.15, -0.1) is 4.52 Å². The van der Waals surface area contributed by atoms with Crippen molar-refractivity contribution in [3.05, 3.63) is 22.7 Å². The minimum absolute atomic E-state index is 0. The van der Waals surface area contributed by atoms with Crippen LogP contribution in [-0.4, -0.2) is 39.1 Å². The predicted octanol–water partition coefficient (Wildman–Crippen LogP) is 0.527. The van der Waals surface area contributed by atoms with E-state index in [4.69, 9.17) is 15.0 Å². The zero-order valence-corrected chi connectivity index (χ0v) is 14.2. The van der Waals surface area contributed by atoms with Gasteiger partial charge in [-0.25, -0.2) is 9.18 Å². The average Bonchev–Trinajstić information content (AvgIpc) is 2.67. The number of ether oxygens (including phenoxy) is 1. The lowest BCUT2D eigenvalue weighted by Crippen LogP contribution is -2.37. The van der Waals surface area contributed by atoms with E-state index >= 15 is 0 Å². The van der Waals surface area contributed by atoms with E-state index in [0.29, 0.717) is 0 Å². The van der Waals surface area contributed by atoms with Crippen molar-refractivity contribution in [2.24, 2.45) is 0 Å². The number of nitrogen functional groups attached to an aromatic ring is 1. The maximum Gasteiger partial charge on any atom is 0.582 e. The molecular weight excluding hydrogens is 356 g/mol. The van der Waals surface area contributed by atoms with Crippen LogP contribution in [-0.2, 0) is 13.8 Å². The fourth-order valence-electron chi connectivity index (χ4n) is 2.11. The first-order chi connectivity index (χ1) is 9.81. The summed E-state index contributed by atoms with van der Waals surface area (Å²) >= 11 is 3.56. The third-order valence-corrected chi connectivity index (χ3v) is 3.73. The van der Waals surface area contributed by atoms with Crippen molar-refractivity contribution in [1.29, 1.82) is 0 Å². The van der Waals surface area contributed by atoms with Crippen LogP contribution >= 0.6 is 33.0 Å². The molecule has 6 atom stereocenters. The number of halogens is 1. The Hall–Kier alpha value is -0.710. The van der Waals surface area contributed by atoms with Crippen LogP contribution in [0.2, 0.25) is 0 Å². The van der Waals surface area contributed by atoms with Crippen LogP contribution in [0.1, 0.15) is 13.2 Å². The number of nitrogens with zero attached hydrogens (tertiary/aromatic N) is 2. The first-order valence-corrected chi connectivity index (χ1v) is 8.29. The molecule has 1 aliphatic rings. The van der Waals surface area contributed by atoms with Crippen LogP contribution in [0.15, 0.2) is 17.1 Å². The van der Waals surface area contributed by atoms with Crippen molar-refractivity contribution in [2.45, 2.75) is 37.6 Å². The number of hydrogen-bond donors (Lipinski definition) is 3. The van der Waals surface area contributed by atoms with Gasteiger partial charge in [0, 0.05) is 6.20 Å². The molecule has 12 heteroatoms. The van der Waals surface area contributed by atoms with Crippen molar-refractivity contribution in [2.75, 3.05) is 5.73 Å². The summed E-state index contributed by atoms with van der Waals surface area (Å²) in [6.07, 6.45) is -5.48. The lowest BCUT2D eigenvalue weighted by Gasteiger charge is -2.17. The normalized spacial score (nSPS) is 29.7. The number of rotatable bonds is 4. The zero-order valence-electron chi connectivity index (χ0n) is 11.4. The van der Waals surface area contributed by atoms with Crippen molar-refractivity contribution in [3.8, 4) is 0 Å². The molecule has 1 aliphatic heterocycles. The fraction of sp³-hybridized carbons (Fsp3) is 0.600. The second-order valence-electron chi connectivity index (χ2n) is 4.53. The van der Waals surface area contributed by atoms with E-state index in [2.05, 4.69) is 17.2 Å². The first-order valence-electron chi connectivity index (χ1n) is 5.96. The highest BCUT2D eigenvalue weighted by molar-refractivity contribution is 8.39. The Morgan fingerprint density at radius 1 is 1.68 bits per heavy atom. The Labute approximate surface area is 138 Å². The van der Waals surface area contributed by atoms with Crippen LogP contribution in [0.4, 0.5) is 10.2 Å². The van der Waals surface area contributed by atoms with E-state index in [0.717, 1.165) is 4.57 Å². The number of aliphatic hydroxyl groups is 1. The minimum Gasteiger partial charge on any atom is -0.391 e.